The molecule has 0 fully saturated rings. The van der Waals surface area contributed by atoms with Crippen LogP contribution in [0.1, 0.15) is 26.2 Å². The van der Waals surface area contributed by atoms with E-state index in [0.29, 0.717) is 6.16 Å². The first-order valence-corrected chi connectivity index (χ1v) is 6.68. The van der Waals surface area contributed by atoms with Crippen molar-refractivity contribution in [3.05, 3.63) is 0 Å². The second-order valence-electron chi connectivity index (χ2n) is 2.68. The van der Waals surface area contributed by atoms with Crippen molar-refractivity contribution in [1.29, 1.82) is 0 Å². The molecule has 0 aromatic heterocycles. The van der Waals surface area contributed by atoms with Gasteiger partial charge in [0, 0.05) is 12.8 Å². The lowest BCUT2D eigenvalue weighted by molar-refractivity contribution is 0.376. The average molecular weight is 199 g/mol. The first kappa shape index (κ1) is 11.5. The molecule has 0 rings (SSSR count). The first-order chi connectivity index (χ1) is 5.12. The molecule has 0 saturated heterocycles. The number of alkyl halides is 1. The molecule has 0 aliphatic carbocycles. The Kier molecular flexibility index (Phi) is 6.31. The number of rotatable bonds is 6. The zero-order valence-corrected chi connectivity index (χ0v) is 8.83. The molecule has 0 heterocycles. The van der Waals surface area contributed by atoms with Gasteiger partial charge in [-0.3, -0.25) is 4.57 Å². The number of unbranched alkanes of at least 4 members (excludes halogenated alkanes) is 2. The molecule has 0 aliphatic rings. The highest BCUT2D eigenvalue weighted by atomic mass is 35.5. The summed E-state index contributed by atoms with van der Waals surface area (Å²) in [6, 6.07) is 0.0416. The molecule has 1 atom stereocenters. The van der Waals surface area contributed by atoms with E-state index in [9.17, 15) is 4.57 Å². The zero-order valence-electron chi connectivity index (χ0n) is 7.18. The largest absolute Gasteiger partial charge is 0.312 e. The van der Waals surface area contributed by atoms with Gasteiger partial charge in [-0.25, -0.2) is 0 Å². The summed E-state index contributed by atoms with van der Waals surface area (Å²) >= 11 is 5.30. The maximum atomic E-state index is 11.4. The van der Waals surface area contributed by atoms with Crippen molar-refractivity contribution in [1.82, 2.24) is 0 Å². The van der Waals surface area contributed by atoms with Crippen LogP contribution in [0.2, 0.25) is 0 Å². The fourth-order valence-corrected chi connectivity index (χ4v) is 2.57. The molecule has 0 aromatic carbocycles. The number of halogens is 1. The molecule has 4 heteroatoms. The summed E-state index contributed by atoms with van der Waals surface area (Å²) in [4.78, 5) is 0. The van der Waals surface area contributed by atoms with E-state index in [4.69, 9.17) is 16.1 Å². The van der Waals surface area contributed by atoms with E-state index < -0.39 is 7.37 Å². The third kappa shape index (κ3) is 6.86. The first-order valence-electron chi connectivity index (χ1n) is 3.89. The molecule has 11 heavy (non-hydrogen) atoms. The lowest BCUT2D eigenvalue weighted by Crippen LogP contribution is -1.92. The number of hydrogen-bond acceptors (Lipinski definition) is 2. The van der Waals surface area contributed by atoms with Gasteiger partial charge in [0.1, 0.15) is 6.07 Å². The van der Waals surface area contributed by atoms with Crippen molar-refractivity contribution in [2.45, 2.75) is 26.2 Å². The Hall–Kier alpha value is 0.480. The van der Waals surface area contributed by atoms with Gasteiger partial charge in [-0.15, -0.1) is 0 Å². The van der Waals surface area contributed by atoms with Gasteiger partial charge in [-0.1, -0.05) is 31.4 Å². The Morgan fingerprint density at radius 1 is 1.45 bits per heavy atom. The zero-order chi connectivity index (χ0) is 8.74. The molecule has 0 aliphatic heterocycles. The molecule has 0 saturated carbocycles. The summed E-state index contributed by atoms with van der Waals surface area (Å²) in [5.74, 6) is 0. The number of hydrogen-bond donors (Lipinski definition) is 0. The predicted molar refractivity (Wildman–Crippen MR) is 49.7 cm³/mol. The van der Waals surface area contributed by atoms with Crippen molar-refractivity contribution in [2.24, 2.45) is 0 Å². The van der Waals surface area contributed by atoms with Crippen LogP contribution < -0.4 is 0 Å². The van der Waals surface area contributed by atoms with Gasteiger partial charge < -0.3 is 4.52 Å². The maximum Gasteiger partial charge on any atom is 0.201 e. The van der Waals surface area contributed by atoms with Gasteiger partial charge in [0.15, 0.2) is 0 Å². The highest BCUT2D eigenvalue weighted by Crippen LogP contribution is 2.43. The van der Waals surface area contributed by atoms with Crippen LogP contribution in [0.25, 0.3) is 0 Å². The SMILES string of the molecule is CCCCCP(C)(=O)OCCl. The van der Waals surface area contributed by atoms with E-state index in [0.717, 1.165) is 19.3 Å². The van der Waals surface area contributed by atoms with Crippen LogP contribution in [0.5, 0.6) is 0 Å². The normalized spacial score (nSPS) is 16.3. The van der Waals surface area contributed by atoms with Crippen LogP contribution >= 0.6 is 19.0 Å². The van der Waals surface area contributed by atoms with Gasteiger partial charge >= 0.3 is 0 Å². The van der Waals surface area contributed by atoms with E-state index in [2.05, 4.69) is 6.92 Å². The smallest absolute Gasteiger partial charge is 0.201 e. The molecule has 0 N–H and O–H groups in total. The molecular weight excluding hydrogens is 183 g/mol. The maximum absolute atomic E-state index is 11.4. The Morgan fingerprint density at radius 2 is 2.09 bits per heavy atom. The van der Waals surface area contributed by atoms with Crippen LogP contribution in [0, 0.1) is 0 Å². The second kappa shape index (κ2) is 6.05. The lowest BCUT2D eigenvalue weighted by Gasteiger charge is -2.10. The van der Waals surface area contributed by atoms with Crippen LogP contribution in [-0.4, -0.2) is 18.9 Å². The molecule has 0 aromatic rings. The summed E-state index contributed by atoms with van der Waals surface area (Å²) < 4.78 is 16.3. The summed E-state index contributed by atoms with van der Waals surface area (Å²) in [7, 11) is -2.35. The van der Waals surface area contributed by atoms with Crippen molar-refractivity contribution in [3.63, 3.8) is 0 Å². The minimum Gasteiger partial charge on any atom is -0.312 e. The molecule has 0 radical (unpaired) electrons. The van der Waals surface area contributed by atoms with Gasteiger partial charge in [-0.2, -0.15) is 0 Å². The Morgan fingerprint density at radius 3 is 2.55 bits per heavy atom. The molecular formula is C7H16ClO2P. The van der Waals surface area contributed by atoms with E-state index in [1.54, 1.807) is 6.66 Å². The van der Waals surface area contributed by atoms with Gasteiger partial charge in [0.05, 0.1) is 0 Å². The van der Waals surface area contributed by atoms with Gasteiger partial charge in [0.25, 0.3) is 0 Å². The van der Waals surface area contributed by atoms with E-state index in [-0.39, 0.29) is 6.07 Å². The van der Waals surface area contributed by atoms with Gasteiger partial charge in [0.2, 0.25) is 7.37 Å². The fraction of sp³-hybridized carbons (Fsp3) is 1.00. The van der Waals surface area contributed by atoms with Crippen LogP contribution in [0.3, 0.4) is 0 Å². The summed E-state index contributed by atoms with van der Waals surface area (Å²) in [6.07, 6.45) is 3.89. The molecule has 2 nitrogen and oxygen atoms in total. The van der Waals surface area contributed by atoms with E-state index in [1.807, 2.05) is 0 Å². The molecule has 0 bridgehead atoms. The van der Waals surface area contributed by atoms with Crippen LogP contribution in [0.4, 0.5) is 0 Å². The predicted octanol–water partition coefficient (Wildman–Crippen LogP) is 3.30. The standard InChI is InChI=1S/C7H16ClO2P/c1-3-4-5-6-11(2,9)10-7-8/h3-7H2,1-2H3. The van der Waals surface area contributed by atoms with Crippen LogP contribution in [0.15, 0.2) is 0 Å². The Labute approximate surface area is 73.7 Å². The van der Waals surface area contributed by atoms with Crippen molar-refractivity contribution in [2.75, 3.05) is 18.9 Å². The fourth-order valence-electron chi connectivity index (χ4n) is 0.817. The minimum atomic E-state index is -2.35. The molecule has 0 amide bonds. The molecule has 0 spiro atoms. The Balaban J connectivity index is 3.47. The summed E-state index contributed by atoms with van der Waals surface area (Å²) in [6.45, 7) is 3.76. The Bertz CT molecular complexity index is 138. The topological polar surface area (TPSA) is 26.3 Å². The van der Waals surface area contributed by atoms with Crippen molar-refractivity contribution < 1.29 is 9.09 Å². The monoisotopic (exact) mass is 198 g/mol. The van der Waals surface area contributed by atoms with E-state index in [1.165, 1.54) is 0 Å². The third-order valence-electron chi connectivity index (χ3n) is 1.49. The lowest BCUT2D eigenvalue weighted by atomic mass is 10.3. The van der Waals surface area contributed by atoms with Crippen LogP contribution in [-0.2, 0) is 9.09 Å². The van der Waals surface area contributed by atoms with E-state index >= 15 is 0 Å². The van der Waals surface area contributed by atoms with Gasteiger partial charge in [-0.05, 0) is 6.42 Å². The third-order valence-corrected chi connectivity index (χ3v) is 3.55. The minimum absolute atomic E-state index is 0.0416. The molecule has 68 valence electrons. The highest BCUT2D eigenvalue weighted by Gasteiger charge is 2.13. The summed E-state index contributed by atoms with van der Waals surface area (Å²) in [5.41, 5.74) is 0. The second-order valence-corrected chi connectivity index (χ2v) is 5.63. The van der Waals surface area contributed by atoms with Crippen molar-refractivity contribution in [3.8, 4) is 0 Å². The quantitative estimate of drug-likeness (QED) is 0.372. The highest BCUT2D eigenvalue weighted by molar-refractivity contribution is 7.58. The van der Waals surface area contributed by atoms with Crippen molar-refractivity contribution >= 4 is 19.0 Å². The average Bonchev–Trinajstić information content (AvgIpc) is 1.87. The summed E-state index contributed by atoms with van der Waals surface area (Å²) in [5, 5.41) is 0. The molecule has 1 unspecified atom stereocenters.